The highest BCUT2D eigenvalue weighted by Crippen LogP contribution is 2.28. The van der Waals surface area contributed by atoms with Gasteiger partial charge in [-0.25, -0.2) is 9.78 Å². The Bertz CT molecular complexity index is 685. The van der Waals surface area contributed by atoms with Crippen LogP contribution in [0.3, 0.4) is 0 Å². The molecule has 0 unspecified atom stereocenters. The van der Waals surface area contributed by atoms with Crippen LogP contribution in [0.5, 0.6) is 0 Å². The van der Waals surface area contributed by atoms with Crippen molar-refractivity contribution in [2.45, 2.75) is 13.8 Å². The summed E-state index contributed by atoms with van der Waals surface area (Å²) in [5.41, 5.74) is 1.06. The Morgan fingerprint density at radius 1 is 1.48 bits per heavy atom. The number of ether oxygens (including phenoxy) is 1. The van der Waals surface area contributed by atoms with Crippen LogP contribution in [0.15, 0.2) is 28.9 Å². The van der Waals surface area contributed by atoms with E-state index in [0.717, 1.165) is 5.56 Å². The first kappa shape index (κ1) is 15.7. The third-order valence-corrected chi connectivity index (χ3v) is 4.36. The van der Waals surface area contributed by atoms with E-state index in [2.05, 4.69) is 26.2 Å². The molecule has 0 saturated heterocycles. The summed E-state index contributed by atoms with van der Waals surface area (Å²) in [7, 11) is 0. The number of anilines is 1. The van der Waals surface area contributed by atoms with Crippen LogP contribution in [0.4, 0.5) is 5.00 Å². The number of hydrogen-bond donors (Lipinski definition) is 1. The fraction of sp³-hybridized carbons (Fsp3) is 0.214. The lowest BCUT2D eigenvalue weighted by atomic mass is 10.3. The smallest absolute Gasteiger partial charge is 0.348 e. The maximum atomic E-state index is 12.1. The summed E-state index contributed by atoms with van der Waals surface area (Å²) in [6.45, 7) is 3.87. The number of nitrogens with zero attached hydrogens (tertiary/aromatic N) is 1. The molecule has 2 aromatic rings. The quantitative estimate of drug-likeness (QED) is 0.836. The maximum Gasteiger partial charge on any atom is 0.348 e. The first-order valence-corrected chi connectivity index (χ1v) is 7.83. The molecule has 0 aliphatic rings. The van der Waals surface area contributed by atoms with Crippen LogP contribution in [0.25, 0.3) is 0 Å². The van der Waals surface area contributed by atoms with Crippen molar-refractivity contribution in [1.29, 1.82) is 0 Å². The van der Waals surface area contributed by atoms with Gasteiger partial charge in [-0.3, -0.25) is 4.79 Å². The molecule has 1 N–H and O–H groups in total. The number of halogens is 1. The van der Waals surface area contributed by atoms with Crippen molar-refractivity contribution in [3.63, 3.8) is 0 Å². The zero-order chi connectivity index (χ0) is 15.4. The van der Waals surface area contributed by atoms with Gasteiger partial charge in [0.05, 0.1) is 11.6 Å². The van der Waals surface area contributed by atoms with Crippen molar-refractivity contribution in [2.24, 2.45) is 0 Å². The van der Waals surface area contributed by atoms with Gasteiger partial charge in [0.15, 0.2) is 0 Å². The molecule has 5 nitrogen and oxygen atoms in total. The zero-order valence-corrected chi connectivity index (χ0v) is 13.9. The predicted octanol–water partition coefficient (Wildman–Crippen LogP) is 3.64. The third kappa shape index (κ3) is 3.68. The molecule has 7 heteroatoms. The van der Waals surface area contributed by atoms with E-state index in [1.807, 2.05) is 0 Å². The summed E-state index contributed by atoms with van der Waals surface area (Å²) < 4.78 is 5.58. The van der Waals surface area contributed by atoms with E-state index in [1.54, 1.807) is 38.2 Å². The van der Waals surface area contributed by atoms with Crippen LogP contribution in [0.1, 0.15) is 32.6 Å². The second kappa shape index (κ2) is 6.82. The molecule has 0 spiro atoms. The highest BCUT2D eigenvalue weighted by molar-refractivity contribution is 9.10. The number of aryl methyl sites for hydroxylation is 1. The van der Waals surface area contributed by atoms with Gasteiger partial charge in [-0.1, -0.05) is 0 Å². The Morgan fingerprint density at radius 3 is 2.90 bits per heavy atom. The lowest BCUT2D eigenvalue weighted by molar-refractivity contribution is 0.0531. The standard InChI is InChI=1S/C14H13BrN2O3S/c1-3-20-14(19)12-8(2)7-10(21-12)17-13(18)11-9(15)5-4-6-16-11/h4-7H,3H2,1-2H3,(H,17,18). The normalized spacial score (nSPS) is 10.2. The Kier molecular flexibility index (Phi) is 5.08. The molecule has 0 saturated carbocycles. The van der Waals surface area contributed by atoms with Gasteiger partial charge >= 0.3 is 5.97 Å². The number of carbonyl (C=O) groups excluding carboxylic acids is 2. The van der Waals surface area contributed by atoms with E-state index >= 15 is 0 Å². The summed E-state index contributed by atoms with van der Waals surface area (Å²) in [5, 5.41) is 3.32. The summed E-state index contributed by atoms with van der Waals surface area (Å²) in [6, 6.07) is 5.21. The van der Waals surface area contributed by atoms with Crippen LogP contribution in [0.2, 0.25) is 0 Å². The highest BCUT2D eigenvalue weighted by atomic mass is 79.9. The molecule has 0 radical (unpaired) electrons. The van der Waals surface area contributed by atoms with Crippen molar-refractivity contribution in [1.82, 2.24) is 4.98 Å². The van der Waals surface area contributed by atoms with Gasteiger partial charge in [0.1, 0.15) is 10.6 Å². The molecule has 2 aromatic heterocycles. The number of aromatic nitrogens is 1. The Balaban J connectivity index is 2.17. The molecule has 0 atom stereocenters. The lowest BCUT2D eigenvalue weighted by Crippen LogP contribution is -2.13. The van der Waals surface area contributed by atoms with E-state index < -0.39 is 0 Å². The number of esters is 1. The third-order valence-electron chi connectivity index (χ3n) is 2.59. The minimum Gasteiger partial charge on any atom is -0.462 e. The Morgan fingerprint density at radius 2 is 2.24 bits per heavy atom. The molecule has 21 heavy (non-hydrogen) atoms. The fourth-order valence-corrected chi connectivity index (χ4v) is 3.06. The second-order valence-corrected chi connectivity index (χ2v) is 6.04. The largest absolute Gasteiger partial charge is 0.462 e. The molecule has 0 aromatic carbocycles. The van der Waals surface area contributed by atoms with Gasteiger partial charge in [-0.15, -0.1) is 11.3 Å². The SMILES string of the molecule is CCOC(=O)c1sc(NC(=O)c2ncccc2Br)cc1C. The summed E-state index contributed by atoms with van der Waals surface area (Å²) >= 11 is 4.47. The Hall–Kier alpha value is -1.73. The second-order valence-electron chi connectivity index (χ2n) is 4.13. The minimum absolute atomic E-state index is 0.293. The van der Waals surface area contributed by atoms with Crippen LogP contribution in [-0.2, 0) is 4.74 Å². The number of nitrogens with one attached hydrogen (secondary N) is 1. The van der Waals surface area contributed by atoms with Gasteiger partial charge in [0, 0.05) is 10.7 Å². The average molecular weight is 369 g/mol. The average Bonchev–Trinajstić information content (AvgIpc) is 2.80. The van der Waals surface area contributed by atoms with Gasteiger partial charge < -0.3 is 10.1 Å². The molecular weight excluding hydrogens is 356 g/mol. The van der Waals surface area contributed by atoms with Gasteiger partial charge in [0.2, 0.25) is 0 Å². The van der Waals surface area contributed by atoms with E-state index in [0.29, 0.717) is 26.7 Å². The van der Waals surface area contributed by atoms with E-state index in [1.165, 1.54) is 11.3 Å². The lowest BCUT2D eigenvalue weighted by Gasteiger charge is -2.03. The first-order chi connectivity index (χ1) is 10.0. The predicted molar refractivity (Wildman–Crippen MR) is 84.9 cm³/mol. The first-order valence-electron chi connectivity index (χ1n) is 6.22. The van der Waals surface area contributed by atoms with Crippen LogP contribution in [-0.4, -0.2) is 23.5 Å². The summed E-state index contributed by atoms with van der Waals surface area (Å²) in [5.74, 6) is -0.710. The Labute approximate surface area is 134 Å². The summed E-state index contributed by atoms with van der Waals surface area (Å²) in [4.78, 5) is 28.4. The molecule has 1 amide bonds. The van der Waals surface area contributed by atoms with Crippen LogP contribution < -0.4 is 5.32 Å². The van der Waals surface area contributed by atoms with Crippen LogP contribution in [0, 0.1) is 6.92 Å². The van der Waals surface area contributed by atoms with Gasteiger partial charge in [0.25, 0.3) is 5.91 Å². The molecule has 0 fully saturated rings. The number of thiophene rings is 1. The highest BCUT2D eigenvalue weighted by Gasteiger charge is 2.17. The van der Waals surface area contributed by atoms with E-state index in [9.17, 15) is 9.59 Å². The number of hydrogen-bond acceptors (Lipinski definition) is 5. The monoisotopic (exact) mass is 368 g/mol. The molecule has 0 aliphatic heterocycles. The van der Waals surface area contributed by atoms with Gasteiger partial charge in [-0.05, 0) is 53.5 Å². The topological polar surface area (TPSA) is 68.3 Å². The van der Waals surface area contributed by atoms with Crippen molar-refractivity contribution in [2.75, 3.05) is 11.9 Å². The number of pyridine rings is 1. The summed E-state index contributed by atoms with van der Waals surface area (Å²) in [6.07, 6.45) is 1.55. The van der Waals surface area contributed by atoms with Crippen molar-refractivity contribution in [3.8, 4) is 0 Å². The van der Waals surface area contributed by atoms with Crippen molar-refractivity contribution in [3.05, 3.63) is 45.0 Å². The number of carbonyl (C=O) groups is 2. The van der Waals surface area contributed by atoms with Gasteiger partial charge in [-0.2, -0.15) is 0 Å². The number of amides is 1. The molecule has 2 rings (SSSR count). The maximum absolute atomic E-state index is 12.1. The molecule has 0 aliphatic carbocycles. The van der Waals surface area contributed by atoms with Crippen LogP contribution >= 0.6 is 27.3 Å². The molecular formula is C14H13BrN2O3S. The molecule has 110 valence electrons. The van der Waals surface area contributed by atoms with Crippen molar-refractivity contribution >= 4 is 44.1 Å². The van der Waals surface area contributed by atoms with Crippen molar-refractivity contribution < 1.29 is 14.3 Å². The van der Waals surface area contributed by atoms with E-state index in [-0.39, 0.29) is 11.9 Å². The van der Waals surface area contributed by atoms with E-state index in [4.69, 9.17) is 4.74 Å². The minimum atomic E-state index is -0.375. The molecule has 2 heterocycles. The molecule has 0 bridgehead atoms. The number of rotatable bonds is 4. The zero-order valence-electron chi connectivity index (χ0n) is 11.5. The fourth-order valence-electron chi connectivity index (χ4n) is 1.67.